The van der Waals surface area contributed by atoms with E-state index in [0.717, 1.165) is 22.6 Å². The first-order valence-corrected chi connectivity index (χ1v) is 6.84. The number of carboxylic acid groups (broad SMARTS) is 1. The number of nitrogens with one attached hydrogen (secondary N) is 1. The molecule has 0 spiro atoms. The van der Waals surface area contributed by atoms with Crippen LogP contribution in [0, 0.1) is 13.8 Å². The Morgan fingerprint density at radius 2 is 2.32 bits per heavy atom. The lowest BCUT2D eigenvalue weighted by molar-refractivity contribution is 0.0701. The van der Waals surface area contributed by atoms with E-state index in [9.17, 15) is 4.79 Å². The number of carboxylic acids is 1. The number of nitrogens with zero attached hydrogens (tertiary/aromatic N) is 1. The maximum atomic E-state index is 11.0. The van der Waals surface area contributed by atoms with Crippen molar-refractivity contribution in [3.05, 3.63) is 38.9 Å². The number of rotatable bonds is 5. The molecule has 6 heteroatoms. The average molecular weight is 280 g/mol. The Hall–Kier alpha value is -1.66. The highest BCUT2D eigenvalue weighted by Gasteiger charge is 2.17. The van der Waals surface area contributed by atoms with Gasteiger partial charge in [0.2, 0.25) is 0 Å². The molecule has 2 heterocycles. The zero-order valence-electron chi connectivity index (χ0n) is 11.1. The number of aromatic nitrogens is 1. The highest BCUT2D eigenvalue weighted by molar-refractivity contribution is 7.12. The summed E-state index contributed by atoms with van der Waals surface area (Å²) in [7, 11) is 0. The molecule has 0 radical (unpaired) electrons. The lowest BCUT2D eigenvalue weighted by Crippen LogP contribution is -2.19. The first-order chi connectivity index (χ1) is 9.00. The Morgan fingerprint density at radius 3 is 2.89 bits per heavy atom. The van der Waals surface area contributed by atoms with Gasteiger partial charge in [0.1, 0.15) is 10.6 Å². The number of aromatic carboxylic acids is 1. The molecule has 2 aromatic heterocycles. The predicted molar refractivity (Wildman–Crippen MR) is 72.5 cm³/mol. The van der Waals surface area contributed by atoms with Crippen molar-refractivity contribution in [1.82, 2.24) is 10.5 Å². The third-order valence-electron chi connectivity index (χ3n) is 3.06. The fraction of sp³-hybridized carbons (Fsp3) is 0.385. The molecule has 0 aliphatic heterocycles. The molecular formula is C13H16N2O3S. The number of hydrogen-bond donors (Lipinski definition) is 2. The molecule has 1 atom stereocenters. The maximum absolute atomic E-state index is 11.0. The highest BCUT2D eigenvalue weighted by atomic mass is 32.1. The van der Waals surface area contributed by atoms with Crippen molar-refractivity contribution in [2.45, 2.75) is 33.4 Å². The first-order valence-electron chi connectivity index (χ1n) is 5.96. The molecule has 0 aromatic carbocycles. The molecule has 2 N–H and O–H groups in total. The zero-order valence-corrected chi connectivity index (χ0v) is 11.9. The van der Waals surface area contributed by atoms with Crippen LogP contribution < -0.4 is 5.32 Å². The van der Waals surface area contributed by atoms with E-state index in [1.807, 2.05) is 26.8 Å². The molecule has 0 saturated heterocycles. The van der Waals surface area contributed by atoms with Gasteiger partial charge in [-0.25, -0.2) is 4.79 Å². The summed E-state index contributed by atoms with van der Waals surface area (Å²) in [4.78, 5) is 11.4. The quantitative estimate of drug-likeness (QED) is 0.880. The lowest BCUT2D eigenvalue weighted by Gasteiger charge is -2.13. The molecule has 1 unspecified atom stereocenters. The Bertz CT molecular complexity index is 569. The minimum Gasteiger partial charge on any atom is -0.477 e. The number of hydrogen-bond acceptors (Lipinski definition) is 5. The van der Waals surface area contributed by atoms with E-state index >= 15 is 0 Å². The van der Waals surface area contributed by atoms with Gasteiger partial charge in [-0.15, -0.1) is 11.3 Å². The van der Waals surface area contributed by atoms with Gasteiger partial charge in [-0.3, -0.25) is 0 Å². The van der Waals surface area contributed by atoms with E-state index in [4.69, 9.17) is 9.63 Å². The van der Waals surface area contributed by atoms with Gasteiger partial charge < -0.3 is 14.9 Å². The fourth-order valence-electron chi connectivity index (χ4n) is 2.14. The molecule has 0 saturated carbocycles. The van der Waals surface area contributed by atoms with Crippen LogP contribution >= 0.6 is 11.3 Å². The van der Waals surface area contributed by atoms with Gasteiger partial charge in [-0.2, -0.15) is 0 Å². The van der Waals surface area contributed by atoms with Crippen LogP contribution in [0.3, 0.4) is 0 Å². The van der Waals surface area contributed by atoms with Crippen LogP contribution in [-0.4, -0.2) is 16.2 Å². The molecule has 2 aromatic rings. The molecule has 5 nitrogen and oxygen atoms in total. The van der Waals surface area contributed by atoms with Crippen molar-refractivity contribution in [3.63, 3.8) is 0 Å². The second kappa shape index (κ2) is 5.54. The molecule has 0 aliphatic rings. The summed E-state index contributed by atoms with van der Waals surface area (Å²) in [5.41, 5.74) is 2.70. The standard InChI is InChI=1S/C13H16N2O3S/c1-7(11-8(2)15-18-9(11)3)14-6-10-4-5-19-12(10)13(16)17/h4-5,7,14H,6H2,1-3H3,(H,16,17). The Morgan fingerprint density at radius 1 is 1.58 bits per heavy atom. The Balaban J connectivity index is 2.07. The van der Waals surface area contributed by atoms with Crippen LogP contribution in [0.4, 0.5) is 0 Å². The maximum Gasteiger partial charge on any atom is 0.346 e. The van der Waals surface area contributed by atoms with E-state index in [0.29, 0.717) is 11.4 Å². The van der Waals surface area contributed by atoms with Crippen LogP contribution in [0.25, 0.3) is 0 Å². The van der Waals surface area contributed by atoms with Crippen molar-refractivity contribution in [1.29, 1.82) is 0 Å². The number of aryl methyl sites for hydroxylation is 2. The van der Waals surface area contributed by atoms with Crippen LogP contribution in [0.15, 0.2) is 16.0 Å². The van der Waals surface area contributed by atoms with Crippen LogP contribution in [0.5, 0.6) is 0 Å². The van der Waals surface area contributed by atoms with Crippen molar-refractivity contribution in [2.24, 2.45) is 0 Å². The lowest BCUT2D eigenvalue weighted by atomic mass is 10.1. The second-order valence-electron chi connectivity index (χ2n) is 4.42. The van der Waals surface area contributed by atoms with E-state index in [1.54, 1.807) is 5.38 Å². The fourth-order valence-corrected chi connectivity index (χ4v) is 2.90. The molecule has 2 rings (SSSR count). The summed E-state index contributed by atoms with van der Waals surface area (Å²) in [5, 5.41) is 18.1. The van der Waals surface area contributed by atoms with E-state index in [1.165, 1.54) is 11.3 Å². The smallest absolute Gasteiger partial charge is 0.346 e. The summed E-state index contributed by atoms with van der Waals surface area (Å²) in [6.45, 7) is 6.30. The van der Waals surface area contributed by atoms with E-state index in [-0.39, 0.29) is 6.04 Å². The first kappa shape index (κ1) is 13.8. The SMILES string of the molecule is Cc1noc(C)c1C(C)NCc1ccsc1C(=O)O. The monoisotopic (exact) mass is 280 g/mol. The Labute approximate surface area is 115 Å². The topological polar surface area (TPSA) is 75.4 Å². The summed E-state index contributed by atoms with van der Waals surface area (Å²) in [6, 6.07) is 1.90. The summed E-state index contributed by atoms with van der Waals surface area (Å²) >= 11 is 1.24. The molecular weight excluding hydrogens is 264 g/mol. The molecule has 19 heavy (non-hydrogen) atoms. The number of thiophene rings is 1. The van der Waals surface area contributed by atoms with Crippen LogP contribution in [0.1, 0.15) is 45.2 Å². The van der Waals surface area contributed by atoms with Crippen molar-refractivity contribution in [3.8, 4) is 0 Å². The van der Waals surface area contributed by atoms with E-state index < -0.39 is 5.97 Å². The van der Waals surface area contributed by atoms with Crippen molar-refractivity contribution < 1.29 is 14.4 Å². The van der Waals surface area contributed by atoms with Gasteiger partial charge >= 0.3 is 5.97 Å². The second-order valence-corrected chi connectivity index (χ2v) is 5.34. The zero-order chi connectivity index (χ0) is 14.0. The van der Waals surface area contributed by atoms with Gasteiger partial charge in [0, 0.05) is 18.2 Å². The van der Waals surface area contributed by atoms with Gasteiger partial charge in [0.25, 0.3) is 0 Å². The minimum absolute atomic E-state index is 0.0628. The molecule has 0 fully saturated rings. The summed E-state index contributed by atoms with van der Waals surface area (Å²) < 4.78 is 5.13. The Kier molecular flexibility index (Phi) is 4.01. The molecule has 0 bridgehead atoms. The van der Waals surface area contributed by atoms with Gasteiger partial charge in [0.15, 0.2) is 0 Å². The average Bonchev–Trinajstić information content (AvgIpc) is 2.93. The molecule has 0 aliphatic carbocycles. The van der Waals surface area contributed by atoms with Gasteiger partial charge in [0.05, 0.1) is 5.69 Å². The van der Waals surface area contributed by atoms with E-state index in [2.05, 4.69) is 10.5 Å². The molecule has 0 amide bonds. The third-order valence-corrected chi connectivity index (χ3v) is 4.01. The minimum atomic E-state index is -0.878. The third kappa shape index (κ3) is 2.85. The predicted octanol–water partition coefficient (Wildman–Crippen LogP) is 2.90. The number of carbonyl (C=O) groups is 1. The summed E-state index contributed by atoms with van der Waals surface area (Å²) in [6.07, 6.45) is 0. The normalized spacial score (nSPS) is 12.6. The van der Waals surface area contributed by atoms with Crippen molar-refractivity contribution in [2.75, 3.05) is 0 Å². The largest absolute Gasteiger partial charge is 0.477 e. The van der Waals surface area contributed by atoms with Crippen LogP contribution in [0.2, 0.25) is 0 Å². The molecule has 102 valence electrons. The van der Waals surface area contributed by atoms with Gasteiger partial charge in [-0.05, 0) is 37.8 Å². The highest BCUT2D eigenvalue weighted by Crippen LogP contribution is 2.22. The summed E-state index contributed by atoms with van der Waals surface area (Å²) in [5.74, 6) is -0.0851. The van der Waals surface area contributed by atoms with Gasteiger partial charge in [-0.1, -0.05) is 5.16 Å². The van der Waals surface area contributed by atoms with Crippen LogP contribution in [-0.2, 0) is 6.54 Å². The van der Waals surface area contributed by atoms with Crippen molar-refractivity contribution >= 4 is 17.3 Å².